The molecule has 1 unspecified atom stereocenters. The molecule has 9 nitrogen and oxygen atoms in total. The highest BCUT2D eigenvalue weighted by Crippen LogP contribution is 2.42. The second kappa shape index (κ2) is 9.05. The standard InChI is InChI=1S/C24H19ClN6O3S/c1-13-2-4-16(31(32)33)11-21(13)35(34)30-20-12-17-15(10-18(20)25)3-5-19-22(17)23(29-24(26)28-19)14-6-8-27-9-7-14/h2,4,6-12,30H,3,5H2,1H3,(H2,26,28,29). The van der Waals surface area contributed by atoms with Gasteiger partial charge in [0.2, 0.25) is 5.95 Å². The molecule has 0 amide bonds. The Morgan fingerprint density at radius 1 is 1.11 bits per heavy atom. The van der Waals surface area contributed by atoms with Gasteiger partial charge in [0.15, 0.2) is 11.0 Å². The van der Waals surface area contributed by atoms with Crippen molar-refractivity contribution in [3.8, 4) is 22.4 Å². The van der Waals surface area contributed by atoms with Gasteiger partial charge in [-0.2, -0.15) is 0 Å². The van der Waals surface area contributed by atoms with Crippen molar-refractivity contribution in [2.45, 2.75) is 24.7 Å². The van der Waals surface area contributed by atoms with Gasteiger partial charge >= 0.3 is 0 Å². The van der Waals surface area contributed by atoms with Crippen LogP contribution in [-0.4, -0.2) is 24.1 Å². The van der Waals surface area contributed by atoms with E-state index >= 15 is 0 Å². The SMILES string of the molecule is Cc1ccc([N+](=O)[O-])cc1S(=O)Nc1cc2c(cc1Cl)CCc1nc(N)nc(-c3ccncc3)c1-2. The minimum atomic E-state index is -1.79. The highest BCUT2D eigenvalue weighted by Gasteiger charge is 2.25. The molecule has 3 N–H and O–H groups in total. The number of nitro groups is 1. The first-order valence-electron chi connectivity index (χ1n) is 10.6. The number of hydrogen-bond donors (Lipinski definition) is 2. The summed E-state index contributed by atoms with van der Waals surface area (Å²) in [6, 6.07) is 11.6. The monoisotopic (exact) mass is 506 g/mol. The fraction of sp³-hybridized carbons (Fsp3) is 0.125. The minimum Gasteiger partial charge on any atom is -0.368 e. The molecule has 4 aromatic rings. The van der Waals surface area contributed by atoms with Crippen LogP contribution in [0.3, 0.4) is 0 Å². The van der Waals surface area contributed by atoms with Gasteiger partial charge in [0.25, 0.3) is 5.69 Å². The Bertz CT molecular complexity index is 1510. The van der Waals surface area contributed by atoms with Crippen LogP contribution in [0.1, 0.15) is 16.8 Å². The van der Waals surface area contributed by atoms with Crippen molar-refractivity contribution in [1.29, 1.82) is 0 Å². The molecule has 0 radical (unpaired) electrons. The summed E-state index contributed by atoms with van der Waals surface area (Å²) < 4.78 is 16.1. The maximum atomic E-state index is 13.2. The molecule has 2 aromatic carbocycles. The van der Waals surface area contributed by atoms with E-state index in [0.29, 0.717) is 39.7 Å². The third-order valence-electron chi connectivity index (χ3n) is 5.83. The Hall–Kier alpha value is -3.89. The molecule has 1 atom stereocenters. The molecule has 0 saturated carbocycles. The average Bonchev–Trinajstić information content (AvgIpc) is 2.84. The van der Waals surface area contributed by atoms with Crippen molar-refractivity contribution >= 4 is 39.9 Å². The Kier molecular flexibility index (Phi) is 5.91. The first-order chi connectivity index (χ1) is 16.8. The van der Waals surface area contributed by atoms with Gasteiger partial charge in [0, 0.05) is 35.7 Å². The number of nitrogen functional groups attached to an aromatic ring is 1. The molecule has 1 aliphatic carbocycles. The first kappa shape index (κ1) is 22.9. The fourth-order valence-corrected chi connectivity index (χ4v) is 5.51. The summed E-state index contributed by atoms with van der Waals surface area (Å²) in [5, 5.41) is 11.6. The van der Waals surface area contributed by atoms with E-state index in [2.05, 4.69) is 19.7 Å². The zero-order chi connectivity index (χ0) is 24.7. The van der Waals surface area contributed by atoms with Gasteiger partial charge in [-0.1, -0.05) is 17.7 Å². The zero-order valence-electron chi connectivity index (χ0n) is 18.5. The van der Waals surface area contributed by atoms with E-state index in [1.165, 1.54) is 12.1 Å². The van der Waals surface area contributed by atoms with Crippen molar-refractivity contribution in [3.05, 3.63) is 86.8 Å². The summed E-state index contributed by atoms with van der Waals surface area (Å²) in [7, 11) is -1.79. The first-order valence-corrected chi connectivity index (χ1v) is 12.2. The molecule has 0 bridgehead atoms. The number of aromatic nitrogens is 3. The maximum Gasteiger partial charge on any atom is 0.270 e. The number of fused-ring (bicyclic) bond motifs is 3. The predicted octanol–water partition coefficient (Wildman–Crippen LogP) is 4.89. The van der Waals surface area contributed by atoms with Crippen LogP contribution in [-0.2, 0) is 23.8 Å². The quantitative estimate of drug-likeness (QED) is 0.290. The van der Waals surface area contributed by atoms with Gasteiger partial charge in [-0.05, 0) is 60.7 Å². The summed E-state index contributed by atoms with van der Waals surface area (Å²) in [6.45, 7) is 1.74. The van der Waals surface area contributed by atoms with Crippen molar-refractivity contribution in [2.75, 3.05) is 10.5 Å². The summed E-state index contributed by atoms with van der Waals surface area (Å²) in [5.74, 6) is 0.188. The second-order valence-corrected chi connectivity index (χ2v) is 9.64. The molecule has 0 saturated heterocycles. The second-order valence-electron chi connectivity index (χ2n) is 8.05. The van der Waals surface area contributed by atoms with Gasteiger partial charge < -0.3 is 5.73 Å². The van der Waals surface area contributed by atoms with Gasteiger partial charge in [0.05, 0.1) is 31.9 Å². The van der Waals surface area contributed by atoms with Crippen LogP contribution in [0.5, 0.6) is 0 Å². The normalized spacial score (nSPS) is 13.0. The van der Waals surface area contributed by atoms with Crippen molar-refractivity contribution < 1.29 is 9.13 Å². The number of aryl methyl sites for hydroxylation is 3. The van der Waals surface area contributed by atoms with E-state index in [1.54, 1.807) is 25.4 Å². The van der Waals surface area contributed by atoms with E-state index < -0.39 is 15.9 Å². The number of nitro benzene ring substituents is 1. The van der Waals surface area contributed by atoms with E-state index in [9.17, 15) is 14.3 Å². The number of anilines is 2. The average molecular weight is 507 g/mol. The predicted molar refractivity (Wildman–Crippen MR) is 135 cm³/mol. The third kappa shape index (κ3) is 4.33. The van der Waals surface area contributed by atoms with Crippen molar-refractivity contribution in [1.82, 2.24) is 15.0 Å². The lowest BCUT2D eigenvalue weighted by Gasteiger charge is -2.23. The number of nitrogens with zero attached hydrogens (tertiary/aromatic N) is 4. The van der Waals surface area contributed by atoms with Crippen LogP contribution < -0.4 is 10.5 Å². The lowest BCUT2D eigenvalue weighted by Crippen LogP contribution is -2.13. The maximum absolute atomic E-state index is 13.2. The number of non-ortho nitro benzene ring substituents is 1. The number of benzene rings is 2. The van der Waals surface area contributed by atoms with Crippen LogP contribution in [0.15, 0.2) is 59.8 Å². The molecule has 5 rings (SSSR count). The smallest absolute Gasteiger partial charge is 0.270 e. The van der Waals surface area contributed by atoms with Gasteiger partial charge in [-0.3, -0.25) is 19.8 Å². The molecule has 0 aliphatic heterocycles. The van der Waals surface area contributed by atoms with Gasteiger partial charge in [-0.15, -0.1) is 0 Å². The fourth-order valence-electron chi connectivity index (χ4n) is 4.15. The van der Waals surface area contributed by atoms with Crippen LogP contribution in [0.4, 0.5) is 17.3 Å². The lowest BCUT2D eigenvalue weighted by atomic mass is 9.86. The Balaban J connectivity index is 1.60. The zero-order valence-corrected chi connectivity index (χ0v) is 20.1. The summed E-state index contributed by atoms with van der Waals surface area (Å²) in [4.78, 5) is 24.0. The number of nitrogens with one attached hydrogen (secondary N) is 1. The molecule has 2 aromatic heterocycles. The number of hydrogen-bond acceptors (Lipinski definition) is 7. The summed E-state index contributed by atoms with van der Waals surface area (Å²) >= 11 is 6.56. The topological polar surface area (TPSA) is 137 Å². The molecule has 0 fully saturated rings. The van der Waals surface area contributed by atoms with Crippen LogP contribution in [0.2, 0.25) is 5.02 Å². The third-order valence-corrected chi connectivity index (χ3v) is 7.39. The lowest BCUT2D eigenvalue weighted by molar-refractivity contribution is -0.385. The van der Waals surface area contributed by atoms with E-state index in [0.717, 1.165) is 27.9 Å². The summed E-state index contributed by atoms with van der Waals surface area (Å²) in [6.07, 6.45) is 4.75. The van der Waals surface area contributed by atoms with Crippen LogP contribution in [0, 0.1) is 17.0 Å². The Morgan fingerprint density at radius 2 is 1.89 bits per heavy atom. The highest BCUT2D eigenvalue weighted by atomic mass is 35.5. The van der Waals surface area contributed by atoms with E-state index in [-0.39, 0.29) is 11.6 Å². The van der Waals surface area contributed by atoms with Gasteiger partial charge in [0.1, 0.15) is 0 Å². The highest BCUT2D eigenvalue weighted by molar-refractivity contribution is 7.86. The number of pyridine rings is 1. The number of nitrogens with two attached hydrogens (primary N) is 1. The van der Waals surface area contributed by atoms with E-state index in [4.69, 9.17) is 17.3 Å². The molecular weight excluding hydrogens is 488 g/mol. The van der Waals surface area contributed by atoms with Crippen LogP contribution >= 0.6 is 11.6 Å². The van der Waals surface area contributed by atoms with E-state index in [1.807, 2.05) is 24.3 Å². The number of halogens is 1. The molecular formula is C24H19ClN6O3S. The molecule has 2 heterocycles. The molecule has 11 heteroatoms. The van der Waals surface area contributed by atoms with Gasteiger partial charge in [-0.25, -0.2) is 14.2 Å². The number of rotatable bonds is 5. The molecule has 176 valence electrons. The van der Waals surface area contributed by atoms with Crippen molar-refractivity contribution in [2.24, 2.45) is 0 Å². The molecule has 1 aliphatic rings. The molecule has 0 spiro atoms. The largest absolute Gasteiger partial charge is 0.368 e. The Morgan fingerprint density at radius 3 is 2.63 bits per heavy atom. The summed E-state index contributed by atoms with van der Waals surface area (Å²) in [5.41, 5.74) is 12.0. The minimum absolute atomic E-state index is 0.136. The van der Waals surface area contributed by atoms with Crippen LogP contribution in [0.25, 0.3) is 22.4 Å². The molecule has 35 heavy (non-hydrogen) atoms. The van der Waals surface area contributed by atoms with Crippen molar-refractivity contribution in [3.63, 3.8) is 0 Å². The Labute approximate surface area is 208 Å².